The molecule has 7 nitrogen and oxygen atoms in total. The van der Waals surface area contributed by atoms with Gasteiger partial charge >= 0.3 is 0 Å². The number of halogens is 1. The molecule has 0 radical (unpaired) electrons. The maximum Gasteiger partial charge on any atom is 0.194 e. The summed E-state index contributed by atoms with van der Waals surface area (Å²) in [6, 6.07) is 1.95. The topological polar surface area (TPSA) is 60.1 Å². The summed E-state index contributed by atoms with van der Waals surface area (Å²) in [4.78, 5) is 12.3. The summed E-state index contributed by atoms with van der Waals surface area (Å²) >= 11 is 0. The van der Waals surface area contributed by atoms with E-state index in [-0.39, 0.29) is 24.0 Å². The first-order valence-corrected chi connectivity index (χ1v) is 10.2. The highest BCUT2D eigenvalue weighted by molar-refractivity contribution is 14.0. The monoisotopic (exact) mass is 490 g/mol. The number of aliphatic imine (C=N–C) groups is 1. The Labute approximate surface area is 180 Å². The van der Waals surface area contributed by atoms with Gasteiger partial charge in [0.05, 0.1) is 12.2 Å². The van der Waals surface area contributed by atoms with E-state index in [0.29, 0.717) is 0 Å². The van der Waals surface area contributed by atoms with Gasteiger partial charge in [0.1, 0.15) is 6.26 Å². The molecule has 0 spiro atoms. The molecular weight excluding hydrogens is 455 g/mol. The standard InChI is InChI=1S/C19H34N6O.HI/c1-2-20-19(21-8-11-23-9-5-3-4-6-10-23)25-14-12-24(13-15-25)17-18-7-16-26-22-18;/h7,16H,2-6,8-15,17H2,1H3,(H,20,21);1H. The molecule has 1 N–H and O–H groups in total. The van der Waals surface area contributed by atoms with Gasteiger partial charge in [-0.25, -0.2) is 0 Å². The molecule has 3 heterocycles. The minimum atomic E-state index is 0. The van der Waals surface area contributed by atoms with E-state index in [1.165, 1.54) is 38.8 Å². The molecule has 0 bridgehead atoms. The van der Waals surface area contributed by atoms with Crippen LogP contribution in [0.25, 0.3) is 0 Å². The molecule has 0 amide bonds. The summed E-state index contributed by atoms with van der Waals surface area (Å²) in [7, 11) is 0. The second kappa shape index (κ2) is 12.6. The van der Waals surface area contributed by atoms with Crippen LogP contribution in [-0.2, 0) is 6.54 Å². The Balaban J connectivity index is 0.00000261. The minimum Gasteiger partial charge on any atom is -0.364 e. The van der Waals surface area contributed by atoms with Crippen molar-refractivity contribution in [1.82, 2.24) is 25.2 Å². The van der Waals surface area contributed by atoms with Crippen LogP contribution in [0.5, 0.6) is 0 Å². The first kappa shape index (κ1) is 22.4. The number of hydrogen-bond donors (Lipinski definition) is 1. The van der Waals surface area contributed by atoms with Crippen LogP contribution in [-0.4, -0.2) is 84.7 Å². The Morgan fingerprint density at radius 2 is 1.81 bits per heavy atom. The fourth-order valence-corrected chi connectivity index (χ4v) is 3.75. The number of rotatable bonds is 6. The lowest BCUT2D eigenvalue weighted by molar-refractivity contribution is 0.169. The first-order valence-electron chi connectivity index (χ1n) is 10.2. The zero-order valence-electron chi connectivity index (χ0n) is 16.6. The lowest BCUT2D eigenvalue weighted by atomic mass is 10.2. The summed E-state index contributed by atoms with van der Waals surface area (Å²) in [5.41, 5.74) is 1.01. The second-order valence-electron chi connectivity index (χ2n) is 7.25. The number of nitrogens with one attached hydrogen (secondary N) is 1. The summed E-state index contributed by atoms with van der Waals surface area (Å²) in [5, 5.41) is 7.49. The highest BCUT2D eigenvalue weighted by atomic mass is 127. The van der Waals surface area contributed by atoms with Gasteiger partial charge in [0.2, 0.25) is 0 Å². The number of likely N-dealkylation sites (tertiary alicyclic amines) is 1. The molecule has 0 atom stereocenters. The zero-order valence-corrected chi connectivity index (χ0v) is 18.9. The molecular formula is C19H35IN6O. The van der Waals surface area contributed by atoms with Gasteiger partial charge in [-0.3, -0.25) is 9.89 Å². The van der Waals surface area contributed by atoms with E-state index in [0.717, 1.165) is 64.0 Å². The molecule has 0 unspecified atom stereocenters. The van der Waals surface area contributed by atoms with Gasteiger partial charge in [-0.2, -0.15) is 0 Å². The average molecular weight is 490 g/mol. The van der Waals surface area contributed by atoms with E-state index in [2.05, 4.69) is 32.1 Å². The molecule has 0 aliphatic carbocycles. The molecule has 2 aliphatic rings. The fourth-order valence-electron chi connectivity index (χ4n) is 3.75. The normalized spacial score (nSPS) is 20.2. The van der Waals surface area contributed by atoms with Crippen LogP contribution >= 0.6 is 24.0 Å². The first-order chi connectivity index (χ1) is 12.8. The Morgan fingerprint density at radius 1 is 1.07 bits per heavy atom. The molecule has 8 heteroatoms. The van der Waals surface area contributed by atoms with Crippen molar-refractivity contribution >= 4 is 29.9 Å². The zero-order chi connectivity index (χ0) is 18.0. The van der Waals surface area contributed by atoms with Crippen molar-refractivity contribution in [3.63, 3.8) is 0 Å². The Kier molecular flexibility index (Phi) is 10.4. The second-order valence-corrected chi connectivity index (χ2v) is 7.25. The maximum absolute atomic E-state index is 4.93. The molecule has 2 fully saturated rings. The quantitative estimate of drug-likeness (QED) is 0.375. The molecule has 2 aliphatic heterocycles. The average Bonchev–Trinajstić information content (AvgIpc) is 3.03. The van der Waals surface area contributed by atoms with Gasteiger partial charge in [-0.05, 0) is 32.9 Å². The van der Waals surface area contributed by atoms with Crippen molar-refractivity contribution in [2.24, 2.45) is 4.99 Å². The summed E-state index contributed by atoms with van der Waals surface area (Å²) in [5.74, 6) is 1.07. The number of hydrogen-bond acceptors (Lipinski definition) is 5. The smallest absolute Gasteiger partial charge is 0.194 e. The van der Waals surface area contributed by atoms with Crippen LogP contribution in [0.2, 0.25) is 0 Å². The summed E-state index contributed by atoms with van der Waals surface area (Å²) < 4.78 is 4.93. The third-order valence-corrected chi connectivity index (χ3v) is 5.26. The highest BCUT2D eigenvalue weighted by Gasteiger charge is 2.20. The highest BCUT2D eigenvalue weighted by Crippen LogP contribution is 2.10. The van der Waals surface area contributed by atoms with E-state index >= 15 is 0 Å². The maximum atomic E-state index is 4.93. The SMILES string of the molecule is CCNC(=NCCN1CCCCCC1)N1CCN(Cc2ccon2)CC1.I. The lowest BCUT2D eigenvalue weighted by Crippen LogP contribution is -2.52. The molecule has 2 saturated heterocycles. The van der Waals surface area contributed by atoms with E-state index in [1.54, 1.807) is 6.26 Å². The summed E-state index contributed by atoms with van der Waals surface area (Å²) in [6.45, 7) is 12.5. The lowest BCUT2D eigenvalue weighted by Gasteiger charge is -2.36. The van der Waals surface area contributed by atoms with Crippen molar-refractivity contribution in [3.05, 3.63) is 18.0 Å². The van der Waals surface area contributed by atoms with E-state index in [4.69, 9.17) is 9.52 Å². The van der Waals surface area contributed by atoms with Gasteiger partial charge in [0, 0.05) is 51.9 Å². The minimum absolute atomic E-state index is 0. The number of nitrogens with zero attached hydrogens (tertiary/aromatic N) is 5. The van der Waals surface area contributed by atoms with E-state index < -0.39 is 0 Å². The largest absolute Gasteiger partial charge is 0.364 e. The molecule has 0 aromatic carbocycles. The van der Waals surface area contributed by atoms with Crippen molar-refractivity contribution in [1.29, 1.82) is 0 Å². The van der Waals surface area contributed by atoms with Crippen molar-refractivity contribution in [2.45, 2.75) is 39.2 Å². The fraction of sp³-hybridized carbons (Fsp3) is 0.789. The Hall–Kier alpha value is -0.870. The molecule has 0 saturated carbocycles. The van der Waals surface area contributed by atoms with Gasteiger partial charge < -0.3 is 19.6 Å². The Bertz CT molecular complexity index is 522. The molecule has 27 heavy (non-hydrogen) atoms. The van der Waals surface area contributed by atoms with E-state index in [9.17, 15) is 0 Å². The predicted molar refractivity (Wildman–Crippen MR) is 120 cm³/mol. The van der Waals surface area contributed by atoms with Crippen LogP contribution in [0.4, 0.5) is 0 Å². The number of guanidine groups is 1. The van der Waals surface area contributed by atoms with Crippen molar-refractivity contribution < 1.29 is 4.52 Å². The third kappa shape index (κ3) is 7.57. The molecule has 3 rings (SSSR count). The van der Waals surface area contributed by atoms with Crippen LogP contribution in [0.15, 0.2) is 21.8 Å². The van der Waals surface area contributed by atoms with Crippen LogP contribution < -0.4 is 5.32 Å². The van der Waals surface area contributed by atoms with Gasteiger partial charge in [0.15, 0.2) is 5.96 Å². The number of aromatic nitrogens is 1. The predicted octanol–water partition coefficient (Wildman–Crippen LogP) is 2.25. The van der Waals surface area contributed by atoms with E-state index in [1.807, 2.05) is 6.07 Å². The van der Waals surface area contributed by atoms with Crippen LogP contribution in [0, 0.1) is 0 Å². The van der Waals surface area contributed by atoms with Gasteiger partial charge in [-0.1, -0.05) is 18.0 Å². The van der Waals surface area contributed by atoms with Crippen molar-refractivity contribution in [3.8, 4) is 0 Å². The van der Waals surface area contributed by atoms with Gasteiger partial charge in [-0.15, -0.1) is 24.0 Å². The Morgan fingerprint density at radius 3 is 2.44 bits per heavy atom. The van der Waals surface area contributed by atoms with Crippen LogP contribution in [0.3, 0.4) is 0 Å². The van der Waals surface area contributed by atoms with Crippen molar-refractivity contribution in [2.75, 3.05) is 58.9 Å². The molecule has 1 aromatic heterocycles. The van der Waals surface area contributed by atoms with Gasteiger partial charge in [0.25, 0.3) is 0 Å². The molecule has 1 aromatic rings. The summed E-state index contributed by atoms with van der Waals surface area (Å²) in [6.07, 6.45) is 7.11. The number of piperazine rings is 1. The third-order valence-electron chi connectivity index (χ3n) is 5.26. The van der Waals surface area contributed by atoms with Crippen LogP contribution in [0.1, 0.15) is 38.3 Å². The molecule has 154 valence electrons.